The van der Waals surface area contributed by atoms with Crippen molar-refractivity contribution in [3.05, 3.63) is 65.2 Å². The number of nitrogens with zero attached hydrogens (tertiary/aromatic N) is 1. The molecule has 11 heteroatoms. The van der Waals surface area contributed by atoms with Crippen LogP contribution in [0.2, 0.25) is 0 Å². The second kappa shape index (κ2) is 12.4. The third kappa shape index (κ3) is 7.66. The average Bonchev–Trinajstić information content (AvgIpc) is 3.34. The minimum absolute atomic E-state index is 0.0388. The lowest BCUT2D eigenvalue weighted by Crippen LogP contribution is -2.54. The Morgan fingerprint density at radius 3 is 2.36 bits per heavy atom. The van der Waals surface area contributed by atoms with Gasteiger partial charge in [-0.25, -0.2) is 13.8 Å². The molecular weight excluding hydrogens is 526 g/mol. The number of hydrogen-bond acceptors (Lipinski definition) is 6. The van der Waals surface area contributed by atoms with E-state index in [1.807, 2.05) is 30.3 Å². The summed E-state index contributed by atoms with van der Waals surface area (Å²) < 4.78 is 27.8. The quantitative estimate of drug-likeness (QED) is 0.330. The van der Waals surface area contributed by atoms with E-state index in [-0.39, 0.29) is 38.6 Å². The summed E-state index contributed by atoms with van der Waals surface area (Å²) in [6, 6.07) is 14.2. The number of carbonyl (C=O) groups is 4. The molecular formula is C28H30F2N4O4S. The minimum atomic E-state index is -2.77. The fraction of sp³-hybridized carbons (Fsp3) is 0.393. The largest absolute Gasteiger partial charge is 0.344 e. The van der Waals surface area contributed by atoms with Crippen LogP contribution in [0.15, 0.2) is 54.6 Å². The van der Waals surface area contributed by atoms with Crippen molar-refractivity contribution >= 4 is 45.1 Å². The van der Waals surface area contributed by atoms with E-state index in [0.717, 1.165) is 15.8 Å². The lowest BCUT2D eigenvalue weighted by atomic mass is 9.86. The number of hydrogen-bond donors (Lipinski definition) is 3. The summed E-state index contributed by atoms with van der Waals surface area (Å²) >= 11 is 1.41. The van der Waals surface area contributed by atoms with Crippen LogP contribution in [0.1, 0.15) is 43.2 Å². The molecule has 1 aliphatic rings. The lowest BCUT2D eigenvalue weighted by Gasteiger charge is -2.28. The number of fused-ring (bicyclic) bond motifs is 1. The smallest absolute Gasteiger partial charge is 0.289 e. The molecule has 1 aromatic heterocycles. The van der Waals surface area contributed by atoms with Crippen LogP contribution in [0.3, 0.4) is 0 Å². The standard InChI is InChI=1S/C28H30F2N4O4S/c1-17(32-26(37)19-11-13-28(29,30)14-12-19)25(36)34-21(15-18-7-3-2-4-8-18)24(35)27(38)31-16-23-33-20-9-5-6-10-22(20)39-23/h2-10,17,19,21H,11-16H2,1H3,(H,31,38)(H,32,37)(H,34,36)/t17-,21-/m1/s1. The van der Waals surface area contributed by atoms with Crippen LogP contribution in [0, 0.1) is 5.92 Å². The number of ketones is 1. The van der Waals surface area contributed by atoms with E-state index in [9.17, 15) is 28.0 Å². The molecule has 2 aromatic carbocycles. The van der Waals surface area contributed by atoms with Gasteiger partial charge in [-0.1, -0.05) is 42.5 Å². The molecule has 1 heterocycles. The third-order valence-corrected chi connectivity index (χ3v) is 7.75. The molecule has 0 aliphatic heterocycles. The lowest BCUT2D eigenvalue weighted by molar-refractivity contribution is -0.140. The number of aromatic nitrogens is 1. The molecule has 1 aliphatic carbocycles. The molecule has 8 nitrogen and oxygen atoms in total. The number of Topliss-reactive ketones (excluding diaryl/α,β-unsaturated/α-hetero) is 1. The van der Waals surface area contributed by atoms with Crippen molar-refractivity contribution in [1.29, 1.82) is 0 Å². The molecule has 3 aromatic rings. The van der Waals surface area contributed by atoms with E-state index >= 15 is 0 Å². The van der Waals surface area contributed by atoms with Gasteiger partial charge in [0.15, 0.2) is 0 Å². The van der Waals surface area contributed by atoms with Crippen LogP contribution in [0.25, 0.3) is 10.2 Å². The van der Waals surface area contributed by atoms with Gasteiger partial charge in [0.05, 0.1) is 16.8 Å². The maximum Gasteiger partial charge on any atom is 0.289 e. The Hall–Kier alpha value is -3.73. The van der Waals surface area contributed by atoms with Gasteiger partial charge in [-0.2, -0.15) is 0 Å². The zero-order chi connectivity index (χ0) is 28.0. The maximum atomic E-state index is 13.4. The zero-order valence-corrected chi connectivity index (χ0v) is 22.2. The van der Waals surface area contributed by atoms with Gasteiger partial charge < -0.3 is 16.0 Å². The summed E-state index contributed by atoms with van der Waals surface area (Å²) in [5.41, 5.74) is 1.53. The van der Waals surface area contributed by atoms with Gasteiger partial charge in [0.25, 0.3) is 5.91 Å². The second-order valence-electron chi connectivity index (χ2n) is 9.73. The minimum Gasteiger partial charge on any atom is -0.344 e. The number of para-hydroxylation sites is 1. The zero-order valence-electron chi connectivity index (χ0n) is 21.4. The SMILES string of the molecule is C[C@@H](NC(=O)C1CCC(F)(F)CC1)C(=O)N[C@H](Cc1ccccc1)C(=O)C(=O)NCc1nc2ccccc2s1. The highest BCUT2D eigenvalue weighted by atomic mass is 32.1. The summed E-state index contributed by atoms with van der Waals surface area (Å²) in [4.78, 5) is 55.8. The molecule has 3 amide bonds. The Kier molecular flexibility index (Phi) is 9.01. The molecule has 1 saturated carbocycles. The first-order chi connectivity index (χ1) is 18.6. The molecule has 0 radical (unpaired) electrons. The van der Waals surface area contributed by atoms with Gasteiger partial charge in [0, 0.05) is 25.2 Å². The van der Waals surface area contributed by atoms with Gasteiger partial charge >= 0.3 is 0 Å². The first-order valence-corrected chi connectivity index (χ1v) is 13.6. The molecule has 0 saturated heterocycles. The number of halogens is 2. The van der Waals surface area contributed by atoms with E-state index in [0.29, 0.717) is 5.01 Å². The number of alkyl halides is 2. The third-order valence-electron chi connectivity index (χ3n) is 6.72. The fourth-order valence-electron chi connectivity index (χ4n) is 4.45. The van der Waals surface area contributed by atoms with Crippen LogP contribution in [-0.4, -0.2) is 46.5 Å². The monoisotopic (exact) mass is 556 g/mol. The normalized spacial score (nSPS) is 16.7. The van der Waals surface area contributed by atoms with Crippen molar-refractivity contribution in [3.8, 4) is 0 Å². The predicted octanol–water partition coefficient (Wildman–Crippen LogP) is 3.54. The Labute approximate surface area is 228 Å². The van der Waals surface area contributed by atoms with Crippen molar-refractivity contribution in [2.45, 2.75) is 63.6 Å². The van der Waals surface area contributed by atoms with E-state index in [1.165, 1.54) is 18.3 Å². The average molecular weight is 557 g/mol. The Morgan fingerprint density at radius 1 is 1.00 bits per heavy atom. The van der Waals surface area contributed by atoms with Crippen molar-refractivity contribution in [1.82, 2.24) is 20.9 Å². The van der Waals surface area contributed by atoms with Crippen LogP contribution < -0.4 is 16.0 Å². The van der Waals surface area contributed by atoms with Crippen molar-refractivity contribution in [2.24, 2.45) is 5.92 Å². The van der Waals surface area contributed by atoms with E-state index in [4.69, 9.17) is 0 Å². The summed E-state index contributed by atoms with van der Waals surface area (Å²) in [5, 5.41) is 8.37. The summed E-state index contributed by atoms with van der Waals surface area (Å²) in [6.07, 6.45) is -0.594. The second-order valence-corrected chi connectivity index (χ2v) is 10.8. The van der Waals surface area contributed by atoms with Crippen molar-refractivity contribution in [3.63, 3.8) is 0 Å². The van der Waals surface area contributed by atoms with Crippen molar-refractivity contribution < 1.29 is 28.0 Å². The van der Waals surface area contributed by atoms with Crippen LogP contribution in [0.4, 0.5) is 8.78 Å². The van der Waals surface area contributed by atoms with E-state index in [1.54, 1.807) is 24.3 Å². The Bertz CT molecular complexity index is 1300. The molecule has 4 rings (SSSR count). The molecule has 1 fully saturated rings. The number of thiazole rings is 1. The van der Waals surface area contributed by atoms with Gasteiger partial charge in [-0.3, -0.25) is 19.2 Å². The highest BCUT2D eigenvalue weighted by Crippen LogP contribution is 2.36. The molecule has 0 spiro atoms. The van der Waals surface area contributed by atoms with Gasteiger partial charge in [-0.05, 0) is 37.5 Å². The number of amides is 3. The fourth-order valence-corrected chi connectivity index (χ4v) is 5.36. The van der Waals surface area contributed by atoms with Crippen LogP contribution in [-0.2, 0) is 32.1 Å². The molecule has 39 heavy (non-hydrogen) atoms. The molecule has 0 unspecified atom stereocenters. The maximum absolute atomic E-state index is 13.4. The van der Waals surface area contributed by atoms with Crippen LogP contribution >= 0.6 is 11.3 Å². The number of benzene rings is 2. The first-order valence-electron chi connectivity index (χ1n) is 12.8. The van der Waals surface area contributed by atoms with Crippen LogP contribution in [0.5, 0.6) is 0 Å². The van der Waals surface area contributed by atoms with Gasteiger partial charge in [-0.15, -0.1) is 11.3 Å². The molecule has 3 N–H and O–H groups in total. The highest BCUT2D eigenvalue weighted by molar-refractivity contribution is 7.18. The Morgan fingerprint density at radius 2 is 1.67 bits per heavy atom. The topological polar surface area (TPSA) is 117 Å². The number of rotatable bonds is 10. The van der Waals surface area contributed by atoms with E-state index in [2.05, 4.69) is 20.9 Å². The number of nitrogens with one attached hydrogen (secondary N) is 3. The first kappa shape index (κ1) is 28.3. The highest BCUT2D eigenvalue weighted by Gasteiger charge is 2.38. The van der Waals surface area contributed by atoms with Gasteiger partial charge in [0.1, 0.15) is 17.1 Å². The Balaban J connectivity index is 1.37. The predicted molar refractivity (Wildman–Crippen MR) is 143 cm³/mol. The van der Waals surface area contributed by atoms with Gasteiger partial charge in [0.2, 0.25) is 23.5 Å². The molecule has 2 atom stereocenters. The van der Waals surface area contributed by atoms with E-state index < -0.39 is 47.4 Å². The summed E-state index contributed by atoms with van der Waals surface area (Å²) in [7, 11) is 0. The molecule has 0 bridgehead atoms. The summed E-state index contributed by atoms with van der Waals surface area (Å²) in [5.74, 6) is -6.20. The molecule has 206 valence electrons. The summed E-state index contributed by atoms with van der Waals surface area (Å²) in [6.45, 7) is 1.50. The number of carbonyl (C=O) groups excluding carboxylic acids is 4. The van der Waals surface area contributed by atoms with Crippen molar-refractivity contribution in [2.75, 3.05) is 0 Å².